The Morgan fingerprint density at radius 3 is 2.64 bits per heavy atom. The van der Waals surface area contributed by atoms with Gasteiger partial charge in [0.1, 0.15) is 17.9 Å². The van der Waals surface area contributed by atoms with Crippen LogP contribution in [0.2, 0.25) is 0 Å². The van der Waals surface area contributed by atoms with Crippen molar-refractivity contribution in [3.63, 3.8) is 0 Å². The monoisotopic (exact) mass is 385 g/mol. The molecule has 28 heavy (non-hydrogen) atoms. The van der Waals surface area contributed by atoms with E-state index in [9.17, 15) is 19.7 Å². The van der Waals surface area contributed by atoms with E-state index in [0.29, 0.717) is 17.4 Å². The zero-order valence-electron chi connectivity index (χ0n) is 15.6. The van der Waals surface area contributed by atoms with E-state index in [1.54, 1.807) is 31.2 Å². The van der Waals surface area contributed by atoms with Gasteiger partial charge in [0.25, 0.3) is 11.5 Å². The van der Waals surface area contributed by atoms with Crippen LogP contribution in [0.1, 0.15) is 18.3 Å². The molecule has 0 saturated carbocycles. The quantitative estimate of drug-likeness (QED) is 0.482. The highest BCUT2D eigenvalue weighted by Gasteiger charge is 2.22. The number of fused-ring (bicyclic) bond motifs is 1. The van der Waals surface area contributed by atoms with E-state index in [0.717, 1.165) is 0 Å². The number of para-hydroxylation sites is 1. The molecule has 1 amide bonds. The first kappa shape index (κ1) is 19.0. The minimum absolute atomic E-state index is 0.114. The second-order valence-corrected chi connectivity index (χ2v) is 6.11. The summed E-state index contributed by atoms with van der Waals surface area (Å²) in [5, 5.41) is 15.6. The fourth-order valence-electron chi connectivity index (χ4n) is 2.96. The van der Waals surface area contributed by atoms with Crippen molar-refractivity contribution in [3.05, 3.63) is 56.1 Å². The maximum Gasteiger partial charge on any atom is 0.312 e. The summed E-state index contributed by atoms with van der Waals surface area (Å²) in [6, 6.07) is 6.92. The predicted octanol–water partition coefficient (Wildman–Crippen LogP) is 1.28. The van der Waals surface area contributed by atoms with Crippen LogP contribution in [0.25, 0.3) is 10.9 Å². The summed E-state index contributed by atoms with van der Waals surface area (Å²) in [6.45, 7) is 4.96. The molecule has 3 rings (SSSR count). The Hall–Kier alpha value is -3.76. The van der Waals surface area contributed by atoms with Gasteiger partial charge < -0.3 is 0 Å². The molecular formula is C17H19N7O4. The van der Waals surface area contributed by atoms with Gasteiger partial charge in [-0.25, -0.2) is 4.98 Å². The average molecular weight is 385 g/mol. The molecule has 146 valence electrons. The lowest BCUT2D eigenvalue weighted by atomic mass is 10.2. The number of anilines is 1. The van der Waals surface area contributed by atoms with Gasteiger partial charge in [-0.1, -0.05) is 12.1 Å². The second-order valence-electron chi connectivity index (χ2n) is 6.11. The molecule has 2 N–H and O–H groups in total. The number of hydrogen-bond donors (Lipinski definition) is 2. The van der Waals surface area contributed by atoms with Crippen LogP contribution in [0.5, 0.6) is 0 Å². The van der Waals surface area contributed by atoms with Crippen molar-refractivity contribution in [3.8, 4) is 0 Å². The van der Waals surface area contributed by atoms with E-state index in [1.807, 2.05) is 0 Å². The van der Waals surface area contributed by atoms with E-state index in [4.69, 9.17) is 0 Å². The Kier molecular flexibility index (Phi) is 5.07. The Morgan fingerprint density at radius 1 is 1.29 bits per heavy atom. The predicted molar refractivity (Wildman–Crippen MR) is 102 cm³/mol. The van der Waals surface area contributed by atoms with Crippen LogP contribution in [0, 0.1) is 24.0 Å². The summed E-state index contributed by atoms with van der Waals surface area (Å²) < 4.78 is 2.65. The molecule has 0 bridgehead atoms. The zero-order valence-corrected chi connectivity index (χ0v) is 15.6. The summed E-state index contributed by atoms with van der Waals surface area (Å²) >= 11 is 0. The van der Waals surface area contributed by atoms with Crippen molar-refractivity contribution >= 4 is 28.4 Å². The SMILES string of the molecule is CCn1c(NNC(=O)Cn2nc(C)c([N+](=O)[O-])c2C)nc2ccccc2c1=O. The number of nitrogens with one attached hydrogen (secondary N) is 2. The molecule has 0 spiro atoms. The molecule has 0 aliphatic carbocycles. The number of nitro groups is 1. The van der Waals surface area contributed by atoms with Gasteiger partial charge in [-0.15, -0.1) is 0 Å². The number of nitrogens with zero attached hydrogens (tertiary/aromatic N) is 5. The van der Waals surface area contributed by atoms with Gasteiger partial charge in [0.15, 0.2) is 0 Å². The number of carbonyl (C=O) groups excluding carboxylic acids is 1. The molecule has 0 aliphatic heterocycles. The van der Waals surface area contributed by atoms with E-state index in [2.05, 4.69) is 20.9 Å². The molecule has 0 atom stereocenters. The first-order valence-electron chi connectivity index (χ1n) is 8.56. The Balaban J connectivity index is 1.79. The Bertz CT molecular complexity index is 1130. The number of carbonyl (C=O) groups is 1. The van der Waals surface area contributed by atoms with Gasteiger partial charge in [-0.3, -0.25) is 39.8 Å². The van der Waals surface area contributed by atoms with Crippen LogP contribution < -0.4 is 16.4 Å². The molecule has 0 saturated heterocycles. The van der Waals surface area contributed by atoms with Gasteiger partial charge in [-0.05, 0) is 32.9 Å². The van der Waals surface area contributed by atoms with Crippen LogP contribution >= 0.6 is 0 Å². The Labute approximate surface area is 159 Å². The fraction of sp³-hybridized carbons (Fsp3) is 0.294. The average Bonchev–Trinajstić information content (AvgIpc) is 2.93. The summed E-state index contributed by atoms with van der Waals surface area (Å²) in [5.74, 6) is -0.301. The Morgan fingerprint density at radius 2 is 2.00 bits per heavy atom. The van der Waals surface area contributed by atoms with Gasteiger partial charge in [-0.2, -0.15) is 5.10 Å². The topological polar surface area (TPSA) is 137 Å². The minimum atomic E-state index is -0.525. The highest BCUT2D eigenvalue weighted by Crippen LogP contribution is 2.21. The summed E-state index contributed by atoms with van der Waals surface area (Å²) in [7, 11) is 0. The zero-order chi connectivity index (χ0) is 20.4. The van der Waals surface area contributed by atoms with Crippen molar-refractivity contribution in [1.29, 1.82) is 0 Å². The first-order chi connectivity index (χ1) is 13.3. The molecular weight excluding hydrogens is 366 g/mol. The van der Waals surface area contributed by atoms with E-state index in [-0.39, 0.29) is 35.1 Å². The largest absolute Gasteiger partial charge is 0.312 e. The molecule has 0 radical (unpaired) electrons. The third-order valence-electron chi connectivity index (χ3n) is 4.31. The number of benzene rings is 1. The number of hydrogen-bond acceptors (Lipinski definition) is 7. The van der Waals surface area contributed by atoms with Crippen LogP contribution in [0.15, 0.2) is 29.1 Å². The number of aryl methyl sites for hydroxylation is 1. The normalized spacial score (nSPS) is 10.8. The lowest BCUT2D eigenvalue weighted by Crippen LogP contribution is -2.36. The van der Waals surface area contributed by atoms with E-state index in [1.165, 1.54) is 23.1 Å². The standard InChI is InChI=1S/C17H19N7O4/c1-4-22-16(26)12-7-5-6-8-13(12)18-17(22)20-19-14(25)9-23-11(3)15(24(27)28)10(2)21-23/h5-8H,4,9H2,1-3H3,(H,18,20)(H,19,25). The van der Waals surface area contributed by atoms with Crippen molar-refractivity contribution < 1.29 is 9.72 Å². The smallest absolute Gasteiger partial charge is 0.277 e. The maximum absolute atomic E-state index is 12.6. The highest BCUT2D eigenvalue weighted by molar-refractivity contribution is 5.80. The first-order valence-corrected chi connectivity index (χ1v) is 8.56. The third kappa shape index (κ3) is 3.41. The second kappa shape index (κ2) is 7.47. The summed E-state index contributed by atoms with van der Waals surface area (Å²) in [4.78, 5) is 39.7. The van der Waals surface area contributed by atoms with E-state index >= 15 is 0 Å². The molecule has 11 heteroatoms. The molecule has 0 aliphatic rings. The van der Waals surface area contributed by atoms with Crippen LogP contribution in [0.3, 0.4) is 0 Å². The number of rotatable bonds is 6. The van der Waals surface area contributed by atoms with Crippen molar-refractivity contribution in [2.24, 2.45) is 0 Å². The summed E-state index contributed by atoms with van der Waals surface area (Å²) in [5.41, 5.74) is 5.80. The summed E-state index contributed by atoms with van der Waals surface area (Å²) in [6.07, 6.45) is 0. The number of aromatic nitrogens is 4. The van der Waals surface area contributed by atoms with Crippen molar-refractivity contribution in [2.45, 2.75) is 33.9 Å². The van der Waals surface area contributed by atoms with Gasteiger partial charge in [0.2, 0.25) is 5.95 Å². The molecule has 11 nitrogen and oxygen atoms in total. The van der Waals surface area contributed by atoms with Gasteiger partial charge in [0, 0.05) is 6.54 Å². The van der Waals surface area contributed by atoms with Crippen molar-refractivity contribution in [2.75, 3.05) is 5.43 Å². The van der Waals surface area contributed by atoms with Crippen LogP contribution in [-0.4, -0.2) is 30.2 Å². The molecule has 0 fully saturated rings. The van der Waals surface area contributed by atoms with E-state index < -0.39 is 10.8 Å². The van der Waals surface area contributed by atoms with Crippen LogP contribution in [0.4, 0.5) is 11.6 Å². The molecule has 3 aromatic rings. The molecule has 2 heterocycles. The number of hydrazine groups is 1. The lowest BCUT2D eigenvalue weighted by Gasteiger charge is -2.14. The fourth-order valence-corrected chi connectivity index (χ4v) is 2.96. The van der Waals surface area contributed by atoms with Gasteiger partial charge >= 0.3 is 5.69 Å². The maximum atomic E-state index is 12.6. The van der Waals surface area contributed by atoms with Crippen LogP contribution in [-0.2, 0) is 17.9 Å². The molecule has 2 aromatic heterocycles. The highest BCUT2D eigenvalue weighted by atomic mass is 16.6. The minimum Gasteiger partial charge on any atom is -0.277 e. The number of amides is 1. The third-order valence-corrected chi connectivity index (χ3v) is 4.31. The molecule has 1 aromatic carbocycles. The van der Waals surface area contributed by atoms with Gasteiger partial charge in [0.05, 0.1) is 15.8 Å². The molecule has 0 unspecified atom stereocenters. The van der Waals surface area contributed by atoms with Crippen molar-refractivity contribution in [1.82, 2.24) is 24.8 Å². The lowest BCUT2D eigenvalue weighted by molar-refractivity contribution is -0.386.